The Kier molecular flexibility index (Phi) is 6.53. The third kappa shape index (κ3) is 4.92. The maximum Gasteiger partial charge on any atom is 0.271 e. The topological polar surface area (TPSA) is 85.4 Å². The maximum absolute atomic E-state index is 13.4. The number of piperazine rings is 1. The zero-order chi connectivity index (χ0) is 24.4. The minimum absolute atomic E-state index is 0.107. The average Bonchev–Trinajstić information content (AvgIpc) is 3.40. The van der Waals surface area contributed by atoms with Gasteiger partial charge >= 0.3 is 0 Å². The lowest BCUT2D eigenvalue weighted by atomic mass is 9.95. The summed E-state index contributed by atoms with van der Waals surface area (Å²) in [6.45, 7) is 8.45. The van der Waals surface area contributed by atoms with Crippen molar-refractivity contribution in [3.05, 3.63) is 65.6 Å². The number of anilines is 1. The Balaban J connectivity index is 1.19. The van der Waals surface area contributed by atoms with E-state index in [1.165, 1.54) is 16.8 Å². The number of hydrogen-bond donors (Lipinski definition) is 1. The standard InChI is InChI=1S/C27H32N6O2/c1-19-7-8-20(2)25(15-19)31-11-13-32(14-12-31)26(34)22-6-4-10-33(18-22)27(35)24-16-23(29-30-24)21-5-3-9-28-17-21/h3,5,7-9,15-17,22H,4,6,10-14,18H2,1-2H3,(H,29,30). The molecule has 0 bridgehead atoms. The summed E-state index contributed by atoms with van der Waals surface area (Å²) in [7, 11) is 0. The van der Waals surface area contributed by atoms with Crippen molar-refractivity contribution < 1.29 is 9.59 Å². The first-order valence-corrected chi connectivity index (χ1v) is 12.4. The lowest BCUT2D eigenvalue weighted by molar-refractivity contribution is -0.137. The van der Waals surface area contributed by atoms with Crippen LogP contribution in [0.1, 0.15) is 34.5 Å². The summed E-state index contributed by atoms with van der Waals surface area (Å²) < 4.78 is 0. The van der Waals surface area contributed by atoms with Gasteiger partial charge in [0.1, 0.15) is 5.69 Å². The Hall–Kier alpha value is -3.68. The molecule has 0 aliphatic carbocycles. The quantitative estimate of drug-likeness (QED) is 0.630. The fraction of sp³-hybridized carbons (Fsp3) is 0.407. The SMILES string of the molecule is Cc1ccc(C)c(N2CCN(C(=O)C3CCCN(C(=O)c4cc(-c5cccnc5)n[nH]4)C3)CC2)c1. The molecule has 2 aliphatic heterocycles. The highest BCUT2D eigenvalue weighted by atomic mass is 16.2. The largest absolute Gasteiger partial charge is 0.368 e. The van der Waals surface area contributed by atoms with Gasteiger partial charge in [0.15, 0.2) is 0 Å². The molecule has 8 nitrogen and oxygen atoms in total. The van der Waals surface area contributed by atoms with Crippen molar-refractivity contribution >= 4 is 17.5 Å². The second-order valence-electron chi connectivity index (χ2n) is 9.60. The zero-order valence-electron chi connectivity index (χ0n) is 20.4. The number of aromatic amines is 1. The van der Waals surface area contributed by atoms with E-state index in [1.54, 1.807) is 23.4 Å². The van der Waals surface area contributed by atoms with Gasteiger partial charge in [-0.3, -0.25) is 19.7 Å². The van der Waals surface area contributed by atoms with Crippen LogP contribution in [-0.2, 0) is 4.79 Å². The van der Waals surface area contributed by atoms with Crippen molar-refractivity contribution in [2.45, 2.75) is 26.7 Å². The Bertz CT molecular complexity index is 1200. The molecule has 4 heterocycles. The minimum Gasteiger partial charge on any atom is -0.368 e. The van der Waals surface area contributed by atoms with Gasteiger partial charge in [-0.15, -0.1) is 0 Å². The van der Waals surface area contributed by atoms with E-state index in [2.05, 4.69) is 52.1 Å². The maximum atomic E-state index is 13.4. The van der Waals surface area contributed by atoms with Crippen LogP contribution in [0.4, 0.5) is 5.69 Å². The summed E-state index contributed by atoms with van der Waals surface area (Å²) in [5.41, 5.74) is 5.77. The van der Waals surface area contributed by atoms with Gasteiger partial charge in [-0.1, -0.05) is 12.1 Å². The van der Waals surface area contributed by atoms with E-state index in [0.717, 1.165) is 31.5 Å². The van der Waals surface area contributed by atoms with Crippen LogP contribution in [0.15, 0.2) is 48.8 Å². The van der Waals surface area contributed by atoms with E-state index in [4.69, 9.17) is 0 Å². The molecule has 2 fully saturated rings. The van der Waals surface area contributed by atoms with Gasteiger partial charge in [0, 0.05) is 62.9 Å². The zero-order valence-corrected chi connectivity index (χ0v) is 20.4. The van der Waals surface area contributed by atoms with Crippen molar-refractivity contribution in [1.82, 2.24) is 25.0 Å². The number of carbonyl (C=O) groups is 2. The molecule has 1 N–H and O–H groups in total. The summed E-state index contributed by atoms with van der Waals surface area (Å²) in [6, 6.07) is 12.0. The highest BCUT2D eigenvalue weighted by Gasteiger charge is 2.33. The van der Waals surface area contributed by atoms with Crippen molar-refractivity contribution in [1.29, 1.82) is 0 Å². The van der Waals surface area contributed by atoms with E-state index in [1.807, 2.05) is 17.0 Å². The van der Waals surface area contributed by atoms with Crippen molar-refractivity contribution in [3.8, 4) is 11.3 Å². The molecule has 2 aromatic heterocycles. The molecule has 2 aliphatic rings. The fourth-order valence-electron chi connectivity index (χ4n) is 5.11. The highest BCUT2D eigenvalue weighted by molar-refractivity contribution is 5.94. The van der Waals surface area contributed by atoms with Crippen LogP contribution < -0.4 is 4.90 Å². The predicted octanol–water partition coefficient (Wildman–Crippen LogP) is 3.29. The van der Waals surface area contributed by atoms with Crippen molar-refractivity contribution in [2.75, 3.05) is 44.2 Å². The third-order valence-electron chi connectivity index (χ3n) is 7.12. The van der Waals surface area contributed by atoms with Crippen LogP contribution in [-0.4, -0.2) is 76.1 Å². The molecule has 35 heavy (non-hydrogen) atoms. The third-order valence-corrected chi connectivity index (χ3v) is 7.12. The second-order valence-corrected chi connectivity index (χ2v) is 9.60. The molecule has 2 saturated heterocycles. The van der Waals surface area contributed by atoms with Crippen molar-refractivity contribution in [2.24, 2.45) is 5.92 Å². The Morgan fingerprint density at radius 2 is 1.83 bits per heavy atom. The summed E-state index contributed by atoms with van der Waals surface area (Å²) in [5.74, 6) is -0.0886. The first-order chi connectivity index (χ1) is 17.0. The average molecular weight is 473 g/mol. The molecule has 1 aromatic carbocycles. The molecule has 0 saturated carbocycles. The number of likely N-dealkylation sites (tertiary alicyclic amines) is 1. The molecule has 182 valence electrons. The van der Waals surface area contributed by atoms with Crippen LogP contribution in [0, 0.1) is 19.8 Å². The molecule has 0 spiro atoms. The molecule has 0 radical (unpaired) electrons. The van der Waals surface area contributed by atoms with Gasteiger partial charge in [0.25, 0.3) is 5.91 Å². The van der Waals surface area contributed by atoms with Crippen LogP contribution in [0.3, 0.4) is 0 Å². The Morgan fingerprint density at radius 1 is 1.00 bits per heavy atom. The number of carbonyl (C=O) groups excluding carboxylic acids is 2. The molecule has 1 atom stereocenters. The van der Waals surface area contributed by atoms with Gasteiger partial charge in [0.2, 0.25) is 5.91 Å². The van der Waals surface area contributed by atoms with Gasteiger partial charge in [0.05, 0.1) is 11.6 Å². The second kappa shape index (κ2) is 9.90. The van der Waals surface area contributed by atoms with E-state index in [-0.39, 0.29) is 17.7 Å². The summed E-state index contributed by atoms with van der Waals surface area (Å²) in [5, 5.41) is 7.15. The first kappa shape index (κ1) is 23.1. The molecule has 3 aromatic rings. The molecule has 2 amide bonds. The number of rotatable bonds is 4. The molecule has 1 unspecified atom stereocenters. The number of amides is 2. The minimum atomic E-state index is -0.152. The first-order valence-electron chi connectivity index (χ1n) is 12.4. The Labute approximate surface area is 205 Å². The summed E-state index contributed by atoms with van der Waals surface area (Å²) >= 11 is 0. The van der Waals surface area contributed by atoms with E-state index >= 15 is 0 Å². The molecule has 8 heteroatoms. The van der Waals surface area contributed by atoms with E-state index in [0.29, 0.717) is 37.6 Å². The predicted molar refractivity (Wildman–Crippen MR) is 135 cm³/mol. The van der Waals surface area contributed by atoms with Gasteiger partial charge in [-0.05, 0) is 62.1 Å². The summed E-state index contributed by atoms with van der Waals surface area (Å²) in [4.78, 5) is 36.8. The number of nitrogens with one attached hydrogen (secondary N) is 1. The molecular formula is C27H32N6O2. The van der Waals surface area contributed by atoms with Crippen LogP contribution >= 0.6 is 0 Å². The van der Waals surface area contributed by atoms with Gasteiger partial charge in [-0.2, -0.15) is 5.10 Å². The van der Waals surface area contributed by atoms with Gasteiger partial charge < -0.3 is 14.7 Å². The van der Waals surface area contributed by atoms with Crippen LogP contribution in [0.5, 0.6) is 0 Å². The van der Waals surface area contributed by atoms with Crippen LogP contribution in [0.25, 0.3) is 11.3 Å². The van der Waals surface area contributed by atoms with Crippen LogP contribution in [0.2, 0.25) is 0 Å². The normalized spacial score (nSPS) is 18.6. The monoisotopic (exact) mass is 472 g/mol. The number of aromatic nitrogens is 3. The number of benzene rings is 1. The fourth-order valence-corrected chi connectivity index (χ4v) is 5.11. The lowest BCUT2D eigenvalue weighted by Crippen LogP contribution is -2.53. The number of pyridine rings is 1. The molecular weight excluding hydrogens is 440 g/mol. The molecule has 5 rings (SSSR count). The van der Waals surface area contributed by atoms with E-state index in [9.17, 15) is 9.59 Å². The highest BCUT2D eigenvalue weighted by Crippen LogP contribution is 2.25. The lowest BCUT2D eigenvalue weighted by Gasteiger charge is -2.40. The number of nitrogens with zero attached hydrogens (tertiary/aromatic N) is 5. The summed E-state index contributed by atoms with van der Waals surface area (Å²) in [6.07, 6.45) is 5.08. The van der Waals surface area contributed by atoms with E-state index < -0.39 is 0 Å². The van der Waals surface area contributed by atoms with Gasteiger partial charge in [-0.25, -0.2) is 0 Å². The number of hydrogen-bond acceptors (Lipinski definition) is 5. The van der Waals surface area contributed by atoms with Crippen molar-refractivity contribution in [3.63, 3.8) is 0 Å². The number of H-pyrrole nitrogens is 1. The number of aryl methyl sites for hydroxylation is 2. The number of piperidine rings is 1. The Morgan fingerprint density at radius 3 is 2.60 bits per heavy atom. The smallest absolute Gasteiger partial charge is 0.271 e.